The highest BCUT2D eigenvalue weighted by Crippen LogP contribution is 2.46. The smallest absolute Gasteiger partial charge is 0.444 e. The number of halogens is 14. The van der Waals surface area contributed by atoms with Crippen LogP contribution in [-0.4, -0.2) is 53.2 Å². The topological polar surface area (TPSA) is 78.0 Å². The molecule has 0 radical (unpaired) electrons. The number of benzene rings is 2. The summed E-state index contributed by atoms with van der Waals surface area (Å²) in [5.74, 6) is -3.52. The lowest BCUT2D eigenvalue weighted by molar-refractivity contribution is -0.277. The van der Waals surface area contributed by atoms with Crippen molar-refractivity contribution in [2.24, 2.45) is 0 Å². The fourth-order valence-corrected chi connectivity index (χ4v) is 7.05. The molecule has 0 aliphatic carbocycles. The number of hydrogen-bond donors (Lipinski definition) is 0. The van der Waals surface area contributed by atoms with E-state index in [-0.39, 0.29) is 22.7 Å². The van der Waals surface area contributed by atoms with Gasteiger partial charge in [-0.3, -0.25) is 4.79 Å². The molecule has 1 fully saturated rings. The zero-order chi connectivity index (χ0) is 40.5. The fraction of sp³-hybridized carbons (Fsp3) is 0.452. The molecular weight excluding hydrogens is 900 g/mol. The van der Waals surface area contributed by atoms with E-state index in [1.807, 2.05) is 0 Å². The summed E-state index contributed by atoms with van der Waals surface area (Å²) in [5.41, 5.74) is -3.85. The van der Waals surface area contributed by atoms with Crippen molar-refractivity contribution in [3.05, 3.63) is 60.3 Å². The third-order valence-electron chi connectivity index (χ3n) is 6.85. The number of hydrogen-bond acceptors (Lipinski definition) is 7. The SMILES string of the molecule is CC(=O)c1cc(Br)c(C(F)(F)F)c(OC(F)(F)F)c1.CC(C)(C)OC(=O)N1CCC(c2nc(-c3cc(Br)c(C(F)(F)F)c(OC(F)(F)F)c3)cs2)CC1. The third kappa shape index (κ3) is 12.9. The van der Waals surface area contributed by atoms with Crippen molar-refractivity contribution < 1.29 is 76.5 Å². The van der Waals surface area contributed by atoms with Crippen LogP contribution in [0.15, 0.2) is 38.6 Å². The van der Waals surface area contributed by atoms with Crippen molar-refractivity contribution in [3.63, 3.8) is 0 Å². The Kier molecular flexibility index (Phi) is 13.5. The minimum atomic E-state index is -5.30. The molecule has 22 heteroatoms. The van der Waals surface area contributed by atoms with Gasteiger partial charge in [-0.25, -0.2) is 9.78 Å². The number of likely N-dealkylation sites (tertiary alicyclic amines) is 1. The van der Waals surface area contributed by atoms with Gasteiger partial charge in [-0.05, 0) is 64.8 Å². The first kappa shape index (κ1) is 44.1. The molecule has 0 spiro atoms. The predicted molar refractivity (Wildman–Crippen MR) is 173 cm³/mol. The van der Waals surface area contributed by atoms with Crippen LogP contribution in [0.4, 0.5) is 57.5 Å². The molecule has 2 aromatic carbocycles. The number of carbonyl (C=O) groups is 2. The summed E-state index contributed by atoms with van der Waals surface area (Å²) in [5, 5.41) is 2.26. The van der Waals surface area contributed by atoms with E-state index in [1.54, 1.807) is 31.1 Å². The Hall–Kier alpha value is -3.27. The Labute approximate surface area is 313 Å². The number of rotatable bonds is 5. The van der Waals surface area contributed by atoms with E-state index in [0.717, 1.165) is 19.1 Å². The Balaban J connectivity index is 0.000000337. The van der Waals surface area contributed by atoms with Crippen molar-refractivity contribution in [1.82, 2.24) is 9.88 Å². The zero-order valence-corrected chi connectivity index (χ0v) is 31.4. The van der Waals surface area contributed by atoms with Crippen molar-refractivity contribution >= 4 is 55.1 Å². The predicted octanol–water partition coefficient (Wildman–Crippen LogP) is 12.2. The van der Waals surface area contributed by atoms with Crippen molar-refractivity contribution in [3.8, 4) is 22.8 Å². The lowest BCUT2D eigenvalue weighted by atomic mass is 9.98. The first-order valence-corrected chi connectivity index (χ1v) is 17.2. The Bertz CT molecular complexity index is 1790. The highest BCUT2D eigenvalue weighted by Gasteiger charge is 2.43. The number of aromatic nitrogens is 1. The molecule has 4 rings (SSSR count). The number of amides is 1. The molecule has 0 bridgehead atoms. The van der Waals surface area contributed by atoms with E-state index < -0.39 is 74.1 Å². The molecule has 0 N–H and O–H groups in total. The van der Waals surface area contributed by atoms with Crippen LogP contribution in [0.1, 0.15) is 72.9 Å². The number of piperidine rings is 1. The zero-order valence-electron chi connectivity index (χ0n) is 27.4. The molecule has 0 saturated carbocycles. The second-order valence-corrected chi connectivity index (χ2v) is 14.7. The first-order valence-electron chi connectivity index (χ1n) is 14.7. The molecule has 1 aliphatic heterocycles. The second kappa shape index (κ2) is 16.2. The number of thiazole rings is 1. The maximum atomic E-state index is 13.3. The lowest BCUT2D eigenvalue weighted by Gasteiger charge is -2.32. The molecule has 3 aromatic rings. The first-order chi connectivity index (χ1) is 23.9. The Morgan fingerprint density at radius 2 is 1.25 bits per heavy atom. The van der Waals surface area contributed by atoms with Gasteiger partial charge in [0, 0.05) is 44.5 Å². The second-order valence-electron chi connectivity index (χ2n) is 12.1. The normalized spacial score (nSPS) is 14.7. The summed E-state index contributed by atoms with van der Waals surface area (Å²) in [6.07, 6.45) is -19.9. The van der Waals surface area contributed by atoms with Gasteiger partial charge in [0.2, 0.25) is 0 Å². The van der Waals surface area contributed by atoms with E-state index in [0.29, 0.717) is 43.1 Å². The minimum Gasteiger partial charge on any atom is -0.444 e. The lowest BCUT2D eigenvalue weighted by Crippen LogP contribution is -2.41. The average molecular weight is 926 g/mol. The van der Waals surface area contributed by atoms with Gasteiger partial charge in [0.15, 0.2) is 5.78 Å². The van der Waals surface area contributed by atoms with Gasteiger partial charge in [0.25, 0.3) is 0 Å². The van der Waals surface area contributed by atoms with E-state index in [1.165, 1.54) is 11.3 Å². The van der Waals surface area contributed by atoms with Crippen LogP contribution in [0.5, 0.6) is 11.5 Å². The maximum absolute atomic E-state index is 13.3. The number of carbonyl (C=O) groups excluding carboxylic acids is 2. The summed E-state index contributed by atoms with van der Waals surface area (Å²) in [6, 6.07) is 2.94. The van der Waals surface area contributed by atoms with E-state index in [2.05, 4.69) is 46.3 Å². The molecule has 1 saturated heterocycles. The number of ketones is 1. The van der Waals surface area contributed by atoms with Crippen LogP contribution in [-0.2, 0) is 17.1 Å². The van der Waals surface area contributed by atoms with Crippen LogP contribution in [0.2, 0.25) is 0 Å². The highest BCUT2D eigenvalue weighted by atomic mass is 79.9. The summed E-state index contributed by atoms with van der Waals surface area (Å²) < 4.78 is 163. The molecule has 2 heterocycles. The van der Waals surface area contributed by atoms with Gasteiger partial charge in [-0.1, -0.05) is 31.9 Å². The highest BCUT2D eigenvalue weighted by molar-refractivity contribution is 9.10. The Morgan fingerprint density at radius 3 is 1.68 bits per heavy atom. The van der Waals surface area contributed by atoms with Gasteiger partial charge < -0.3 is 19.1 Å². The van der Waals surface area contributed by atoms with E-state index >= 15 is 0 Å². The molecule has 53 heavy (non-hydrogen) atoms. The molecule has 1 amide bonds. The third-order valence-corrected chi connectivity index (χ3v) is 9.10. The molecule has 1 aliphatic rings. The number of Topliss-reactive ketones (excluding diaryl/α,β-unsaturated/α-hetero) is 1. The monoisotopic (exact) mass is 924 g/mol. The quantitative estimate of drug-likeness (QED) is 0.187. The van der Waals surface area contributed by atoms with Crippen LogP contribution < -0.4 is 9.47 Å². The number of nitrogens with zero attached hydrogens (tertiary/aromatic N) is 2. The van der Waals surface area contributed by atoms with Crippen molar-refractivity contribution in [1.29, 1.82) is 0 Å². The summed E-state index contributed by atoms with van der Waals surface area (Å²) in [7, 11) is 0. The minimum absolute atomic E-state index is 0.00113. The molecule has 0 atom stereocenters. The molecule has 294 valence electrons. The van der Waals surface area contributed by atoms with Crippen LogP contribution in [0.25, 0.3) is 11.3 Å². The summed E-state index contributed by atoms with van der Waals surface area (Å²) >= 11 is 6.47. The number of ether oxygens (including phenoxy) is 3. The van der Waals surface area contributed by atoms with Crippen LogP contribution in [0, 0.1) is 0 Å². The van der Waals surface area contributed by atoms with E-state index in [4.69, 9.17) is 4.74 Å². The average Bonchev–Trinajstić information content (AvgIpc) is 3.43. The van der Waals surface area contributed by atoms with Crippen molar-refractivity contribution in [2.75, 3.05) is 13.1 Å². The summed E-state index contributed by atoms with van der Waals surface area (Å²) in [4.78, 5) is 29.3. The number of alkyl halides is 12. The maximum Gasteiger partial charge on any atom is 0.573 e. The molecular formula is C31H26Br2F12N2O5S. The fourth-order valence-electron chi connectivity index (χ4n) is 4.72. The standard InChI is InChI=1S/C21H21BrF6N2O3S.C10H5BrF6O2/c1-19(2,3)33-18(31)30-6-4-11(5-7-30)17-29-14(10-34-17)12-8-13(22)16(20(23,24)25)15(9-12)32-21(26,27)28;1-4(18)5-2-6(11)8(9(12,13)14)7(3-5)19-10(15,16)17/h8-11H,4-7H2,1-3H3;2-3H,1H3. The van der Waals surface area contributed by atoms with Crippen LogP contribution >= 0.6 is 43.2 Å². The van der Waals surface area contributed by atoms with Crippen LogP contribution in [0.3, 0.4) is 0 Å². The van der Waals surface area contributed by atoms with Gasteiger partial charge in [-0.2, -0.15) is 26.3 Å². The van der Waals surface area contributed by atoms with Gasteiger partial charge >= 0.3 is 31.2 Å². The molecule has 1 aromatic heterocycles. The summed E-state index contributed by atoms with van der Waals surface area (Å²) in [6.45, 7) is 7.23. The molecule has 0 unspecified atom stereocenters. The van der Waals surface area contributed by atoms with Gasteiger partial charge in [-0.15, -0.1) is 37.7 Å². The largest absolute Gasteiger partial charge is 0.573 e. The van der Waals surface area contributed by atoms with Crippen molar-refractivity contribution in [2.45, 2.75) is 77.1 Å². The van der Waals surface area contributed by atoms with Gasteiger partial charge in [0.1, 0.15) is 28.2 Å². The molecule has 7 nitrogen and oxygen atoms in total. The Morgan fingerprint density at radius 1 is 0.774 bits per heavy atom. The van der Waals surface area contributed by atoms with E-state index in [9.17, 15) is 62.3 Å². The van der Waals surface area contributed by atoms with Gasteiger partial charge in [0.05, 0.1) is 10.7 Å².